The van der Waals surface area contributed by atoms with Crippen LogP contribution >= 0.6 is 0 Å². The van der Waals surface area contributed by atoms with E-state index in [1.807, 2.05) is 18.2 Å². The van der Waals surface area contributed by atoms with Gasteiger partial charge in [-0.25, -0.2) is 9.37 Å². The third-order valence-corrected chi connectivity index (χ3v) is 3.53. The Morgan fingerprint density at radius 1 is 0.929 bits per heavy atom. The smallest absolute Gasteiger partial charge is 0.258 e. The molecule has 0 bridgehead atoms. The van der Waals surface area contributed by atoms with Gasteiger partial charge in [0.25, 0.3) is 5.91 Å². The first kappa shape index (κ1) is 19.0. The second-order valence-electron chi connectivity index (χ2n) is 5.64. The summed E-state index contributed by atoms with van der Waals surface area (Å²) >= 11 is 0. The number of hydrogen-bond acceptors (Lipinski definition) is 7. The lowest BCUT2D eigenvalue weighted by Gasteiger charge is -2.09. The molecule has 0 aliphatic carbocycles. The van der Waals surface area contributed by atoms with E-state index in [9.17, 15) is 9.18 Å². The van der Waals surface area contributed by atoms with Crippen molar-refractivity contribution in [3.05, 3.63) is 66.6 Å². The summed E-state index contributed by atoms with van der Waals surface area (Å²) < 4.78 is 18.5. The second-order valence-corrected chi connectivity index (χ2v) is 5.64. The number of benzene rings is 1. The SMILES string of the molecule is O=C(COc1ccccc1F)NCCNc1ccc(Nc2ccccn2)nn1. The molecule has 0 atom stereocenters. The summed E-state index contributed by atoms with van der Waals surface area (Å²) in [5.74, 6) is 1.03. The van der Waals surface area contributed by atoms with Crippen LogP contribution in [0.1, 0.15) is 0 Å². The summed E-state index contributed by atoms with van der Waals surface area (Å²) in [5.41, 5.74) is 0. The van der Waals surface area contributed by atoms with Gasteiger partial charge in [0.15, 0.2) is 24.0 Å². The Balaban J connectivity index is 1.34. The molecule has 0 aliphatic heterocycles. The van der Waals surface area contributed by atoms with Crippen molar-refractivity contribution in [2.75, 3.05) is 30.3 Å². The number of rotatable bonds is 9. The van der Waals surface area contributed by atoms with Gasteiger partial charge >= 0.3 is 0 Å². The first-order chi connectivity index (χ1) is 13.7. The number of halogens is 1. The molecule has 0 spiro atoms. The average Bonchev–Trinajstić information content (AvgIpc) is 2.72. The Morgan fingerprint density at radius 2 is 1.71 bits per heavy atom. The van der Waals surface area contributed by atoms with E-state index in [1.165, 1.54) is 12.1 Å². The van der Waals surface area contributed by atoms with Crippen molar-refractivity contribution in [2.24, 2.45) is 0 Å². The maximum absolute atomic E-state index is 13.4. The van der Waals surface area contributed by atoms with Crippen LogP contribution in [-0.2, 0) is 4.79 Å². The predicted octanol–water partition coefficient (Wildman–Crippen LogP) is 2.36. The number of ether oxygens (including phenoxy) is 1. The number of anilines is 3. The molecule has 144 valence electrons. The number of nitrogens with zero attached hydrogens (tertiary/aromatic N) is 3. The standard InChI is InChI=1S/C19H19FN6O2/c20-14-5-1-2-6-15(14)28-13-19(27)23-12-11-22-17-8-9-18(26-25-17)24-16-7-3-4-10-21-16/h1-10H,11-13H2,(H,22,25)(H,23,27)(H,21,24,26). The van der Waals surface area contributed by atoms with E-state index < -0.39 is 5.82 Å². The van der Waals surface area contributed by atoms with Crippen molar-refractivity contribution in [3.8, 4) is 5.75 Å². The number of pyridine rings is 1. The molecular weight excluding hydrogens is 363 g/mol. The lowest BCUT2D eigenvalue weighted by atomic mass is 10.3. The maximum Gasteiger partial charge on any atom is 0.258 e. The first-order valence-electron chi connectivity index (χ1n) is 8.60. The molecule has 0 radical (unpaired) electrons. The molecule has 2 aromatic heterocycles. The zero-order valence-electron chi connectivity index (χ0n) is 14.9. The van der Waals surface area contributed by atoms with Gasteiger partial charge in [-0.05, 0) is 36.4 Å². The van der Waals surface area contributed by atoms with E-state index in [-0.39, 0.29) is 18.3 Å². The van der Waals surface area contributed by atoms with Gasteiger partial charge in [-0.15, -0.1) is 10.2 Å². The molecule has 8 nitrogen and oxygen atoms in total. The highest BCUT2D eigenvalue weighted by molar-refractivity contribution is 5.77. The van der Waals surface area contributed by atoms with E-state index in [1.54, 1.807) is 30.5 Å². The summed E-state index contributed by atoms with van der Waals surface area (Å²) in [6, 6.07) is 15.0. The zero-order chi connectivity index (χ0) is 19.6. The third-order valence-electron chi connectivity index (χ3n) is 3.53. The molecule has 1 amide bonds. The van der Waals surface area contributed by atoms with Crippen LogP contribution in [0.4, 0.5) is 21.8 Å². The fourth-order valence-electron chi connectivity index (χ4n) is 2.21. The van der Waals surface area contributed by atoms with Crippen molar-refractivity contribution in [1.82, 2.24) is 20.5 Å². The zero-order valence-corrected chi connectivity index (χ0v) is 14.9. The van der Waals surface area contributed by atoms with Crippen LogP contribution in [0.15, 0.2) is 60.8 Å². The number of amides is 1. The van der Waals surface area contributed by atoms with Gasteiger partial charge in [-0.3, -0.25) is 4.79 Å². The van der Waals surface area contributed by atoms with Gasteiger partial charge in [0.1, 0.15) is 11.6 Å². The lowest BCUT2D eigenvalue weighted by molar-refractivity contribution is -0.123. The first-order valence-corrected chi connectivity index (χ1v) is 8.60. The second kappa shape index (κ2) is 9.81. The van der Waals surface area contributed by atoms with Crippen LogP contribution in [0.5, 0.6) is 5.75 Å². The molecule has 0 aliphatic rings. The van der Waals surface area contributed by atoms with Gasteiger partial charge < -0.3 is 20.7 Å². The summed E-state index contributed by atoms with van der Waals surface area (Å²) in [6.45, 7) is 0.552. The largest absolute Gasteiger partial charge is 0.481 e. The molecule has 0 fully saturated rings. The van der Waals surface area contributed by atoms with Crippen molar-refractivity contribution in [2.45, 2.75) is 0 Å². The maximum atomic E-state index is 13.4. The Labute approximate surface area is 161 Å². The third kappa shape index (κ3) is 5.90. The van der Waals surface area contributed by atoms with Gasteiger partial charge in [0.2, 0.25) is 0 Å². The molecule has 3 rings (SSSR count). The molecule has 28 heavy (non-hydrogen) atoms. The minimum Gasteiger partial charge on any atom is -0.481 e. The monoisotopic (exact) mass is 382 g/mol. The van der Waals surface area contributed by atoms with Gasteiger partial charge in [0, 0.05) is 19.3 Å². The molecule has 1 aromatic carbocycles. The van der Waals surface area contributed by atoms with E-state index in [4.69, 9.17) is 4.74 Å². The van der Waals surface area contributed by atoms with E-state index in [0.29, 0.717) is 30.5 Å². The Kier molecular flexibility index (Phi) is 6.67. The highest BCUT2D eigenvalue weighted by Crippen LogP contribution is 2.15. The van der Waals surface area contributed by atoms with Gasteiger partial charge in [-0.1, -0.05) is 18.2 Å². The molecule has 3 aromatic rings. The minimum atomic E-state index is -0.503. The van der Waals surface area contributed by atoms with Crippen LogP contribution in [-0.4, -0.2) is 40.8 Å². The normalized spacial score (nSPS) is 10.2. The number of aromatic nitrogens is 3. The fourth-order valence-corrected chi connectivity index (χ4v) is 2.21. The van der Waals surface area contributed by atoms with Crippen LogP contribution in [0.25, 0.3) is 0 Å². The Morgan fingerprint density at radius 3 is 2.46 bits per heavy atom. The number of carbonyl (C=O) groups is 1. The van der Waals surface area contributed by atoms with E-state index >= 15 is 0 Å². The number of carbonyl (C=O) groups excluding carboxylic acids is 1. The number of nitrogens with one attached hydrogen (secondary N) is 3. The quantitative estimate of drug-likeness (QED) is 0.488. The van der Waals surface area contributed by atoms with Crippen molar-refractivity contribution in [1.29, 1.82) is 0 Å². The Bertz CT molecular complexity index is 892. The van der Waals surface area contributed by atoms with Crippen molar-refractivity contribution < 1.29 is 13.9 Å². The van der Waals surface area contributed by atoms with Gasteiger partial charge in [-0.2, -0.15) is 0 Å². The summed E-state index contributed by atoms with van der Waals surface area (Å²) in [5, 5.41) is 16.8. The fraction of sp³-hybridized carbons (Fsp3) is 0.158. The highest BCUT2D eigenvalue weighted by Gasteiger charge is 2.06. The molecular formula is C19H19FN6O2. The molecule has 9 heteroatoms. The topological polar surface area (TPSA) is 101 Å². The summed E-state index contributed by atoms with van der Waals surface area (Å²) in [6.07, 6.45) is 1.68. The van der Waals surface area contributed by atoms with Gasteiger partial charge in [0.05, 0.1) is 0 Å². The molecule has 3 N–H and O–H groups in total. The van der Waals surface area contributed by atoms with Crippen molar-refractivity contribution in [3.63, 3.8) is 0 Å². The van der Waals surface area contributed by atoms with E-state index in [2.05, 4.69) is 31.1 Å². The minimum absolute atomic E-state index is 0.0467. The molecule has 0 saturated carbocycles. The summed E-state index contributed by atoms with van der Waals surface area (Å²) in [7, 11) is 0. The average molecular weight is 382 g/mol. The number of hydrogen-bond donors (Lipinski definition) is 3. The van der Waals surface area contributed by atoms with E-state index in [0.717, 1.165) is 0 Å². The van der Waals surface area contributed by atoms with Crippen molar-refractivity contribution >= 4 is 23.4 Å². The van der Waals surface area contributed by atoms with Crippen LogP contribution in [0.3, 0.4) is 0 Å². The lowest BCUT2D eigenvalue weighted by Crippen LogP contribution is -2.32. The van der Waals surface area contributed by atoms with Crippen LogP contribution in [0.2, 0.25) is 0 Å². The molecule has 0 saturated heterocycles. The highest BCUT2D eigenvalue weighted by atomic mass is 19.1. The molecule has 2 heterocycles. The van der Waals surface area contributed by atoms with Crippen LogP contribution < -0.4 is 20.7 Å². The molecule has 0 unspecified atom stereocenters. The Hall–Kier alpha value is -3.75. The van der Waals surface area contributed by atoms with Crippen LogP contribution in [0, 0.1) is 5.82 Å². The number of para-hydroxylation sites is 1. The predicted molar refractivity (Wildman–Crippen MR) is 103 cm³/mol. The summed E-state index contributed by atoms with van der Waals surface area (Å²) in [4.78, 5) is 15.9.